The van der Waals surface area contributed by atoms with E-state index in [9.17, 15) is 14.3 Å². The molecular formula is C16H22FNO2S. The smallest absolute Gasteiger partial charge is 0.223 e. The number of carbonyl (C=O) groups excluding carboxylic acids is 1. The molecule has 1 aromatic rings. The van der Waals surface area contributed by atoms with Crippen molar-refractivity contribution in [2.24, 2.45) is 0 Å². The number of benzene rings is 1. The summed E-state index contributed by atoms with van der Waals surface area (Å²) in [5.41, 5.74) is 0.441. The van der Waals surface area contributed by atoms with Gasteiger partial charge < -0.3 is 10.4 Å². The summed E-state index contributed by atoms with van der Waals surface area (Å²) < 4.78 is 13.1. The first kappa shape index (κ1) is 16.3. The van der Waals surface area contributed by atoms with Crippen molar-refractivity contribution < 1.29 is 14.3 Å². The van der Waals surface area contributed by atoms with Gasteiger partial charge in [-0.3, -0.25) is 4.79 Å². The summed E-state index contributed by atoms with van der Waals surface area (Å²) >= 11 is 1.88. The maximum absolute atomic E-state index is 13.1. The number of nitrogens with one attached hydrogen (secondary N) is 1. The van der Waals surface area contributed by atoms with Crippen LogP contribution in [0.5, 0.6) is 0 Å². The van der Waals surface area contributed by atoms with Crippen LogP contribution in [0.2, 0.25) is 0 Å². The summed E-state index contributed by atoms with van der Waals surface area (Å²) in [5.74, 6) is 0.477. The number of hydrogen-bond donors (Lipinski definition) is 2. The van der Waals surface area contributed by atoms with Crippen LogP contribution in [0.3, 0.4) is 0 Å². The fraction of sp³-hybridized carbons (Fsp3) is 0.562. The Labute approximate surface area is 129 Å². The summed E-state index contributed by atoms with van der Waals surface area (Å²) in [6.45, 7) is 2.12. The average Bonchev–Trinajstić information content (AvgIpc) is 2.86. The molecule has 0 bridgehead atoms. The van der Waals surface area contributed by atoms with Crippen LogP contribution in [0, 0.1) is 5.82 Å². The normalized spacial score (nSPS) is 23.0. The van der Waals surface area contributed by atoms with Crippen LogP contribution in [0.25, 0.3) is 0 Å². The largest absolute Gasteiger partial charge is 0.388 e. The molecule has 1 aliphatic carbocycles. The van der Waals surface area contributed by atoms with Crippen LogP contribution in [0.4, 0.5) is 4.39 Å². The minimum Gasteiger partial charge on any atom is -0.388 e. The lowest BCUT2D eigenvalue weighted by atomic mass is 10.1. The van der Waals surface area contributed by atoms with Gasteiger partial charge in [0.2, 0.25) is 5.91 Å². The molecule has 0 aromatic heterocycles. The molecular weight excluding hydrogens is 289 g/mol. The Kier molecular flexibility index (Phi) is 6.06. The van der Waals surface area contributed by atoms with Crippen LogP contribution in [0.15, 0.2) is 24.3 Å². The third-order valence-corrected chi connectivity index (χ3v) is 5.12. The number of aliphatic hydroxyl groups is 1. The Morgan fingerprint density at radius 3 is 3.05 bits per heavy atom. The van der Waals surface area contributed by atoms with Crippen LogP contribution in [-0.4, -0.2) is 28.1 Å². The Bertz CT molecular complexity index is 483. The van der Waals surface area contributed by atoms with Crippen molar-refractivity contribution in [3.05, 3.63) is 35.6 Å². The van der Waals surface area contributed by atoms with E-state index in [1.165, 1.54) is 18.2 Å². The molecule has 0 aliphatic heterocycles. The molecule has 3 unspecified atom stereocenters. The van der Waals surface area contributed by atoms with Gasteiger partial charge in [0.05, 0.1) is 12.5 Å². The fourth-order valence-electron chi connectivity index (χ4n) is 2.78. The first-order valence-electron chi connectivity index (χ1n) is 7.44. The van der Waals surface area contributed by atoms with Gasteiger partial charge in [0, 0.05) is 11.3 Å². The number of rotatable bonds is 6. The molecule has 3 nitrogen and oxygen atoms in total. The van der Waals surface area contributed by atoms with Crippen molar-refractivity contribution >= 4 is 17.7 Å². The molecule has 1 saturated carbocycles. The quantitative estimate of drug-likeness (QED) is 0.849. The highest BCUT2D eigenvalue weighted by atomic mass is 32.2. The van der Waals surface area contributed by atoms with E-state index >= 15 is 0 Å². The van der Waals surface area contributed by atoms with Gasteiger partial charge in [-0.2, -0.15) is 11.8 Å². The summed E-state index contributed by atoms with van der Waals surface area (Å²) in [7, 11) is 0. The molecule has 0 heterocycles. The predicted molar refractivity (Wildman–Crippen MR) is 83.7 cm³/mol. The molecule has 2 N–H and O–H groups in total. The zero-order valence-electron chi connectivity index (χ0n) is 12.2. The monoisotopic (exact) mass is 311 g/mol. The lowest BCUT2D eigenvalue weighted by molar-refractivity contribution is -0.123. The lowest BCUT2D eigenvalue weighted by Gasteiger charge is -2.21. The maximum atomic E-state index is 13.1. The Morgan fingerprint density at radius 1 is 1.52 bits per heavy atom. The van der Waals surface area contributed by atoms with Gasteiger partial charge in [-0.05, 0) is 36.3 Å². The van der Waals surface area contributed by atoms with E-state index in [4.69, 9.17) is 0 Å². The zero-order valence-corrected chi connectivity index (χ0v) is 13.0. The molecule has 5 heteroatoms. The molecule has 1 fully saturated rings. The number of thioether (sulfide) groups is 1. The van der Waals surface area contributed by atoms with Crippen molar-refractivity contribution in [1.82, 2.24) is 5.32 Å². The highest BCUT2D eigenvalue weighted by Crippen LogP contribution is 2.30. The van der Waals surface area contributed by atoms with Crippen molar-refractivity contribution in [2.45, 2.75) is 50.0 Å². The van der Waals surface area contributed by atoms with Crippen LogP contribution >= 0.6 is 11.8 Å². The standard InChI is InChI=1S/C16H22FNO2S/c1-2-21-15-8-4-7-13(15)18-16(20)10-14(19)11-5-3-6-12(17)9-11/h3,5-6,9,13-15,19H,2,4,7-8,10H2,1H3,(H,18,20). The van der Waals surface area contributed by atoms with Gasteiger partial charge in [-0.25, -0.2) is 4.39 Å². The van der Waals surface area contributed by atoms with E-state index in [0.29, 0.717) is 10.8 Å². The SMILES string of the molecule is CCSC1CCCC1NC(=O)CC(O)c1cccc(F)c1. The Morgan fingerprint density at radius 2 is 2.33 bits per heavy atom. The molecule has 1 amide bonds. The molecule has 116 valence electrons. The summed E-state index contributed by atoms with van der Waals surface area (Å²) in [6, 6.07) is 5.95. The zero-order chi connectivity index (χ0) is 15.2. The van der Waals surface area contributed by atoms with E-state index in [0.717, 1.165) is 25.0 Å². The number of amides is 1. The van der Waals surface area contributed by atoms with Gasteiger partial charge in [-0.15, -0.1) is 0 Å². The topological polar surface area (TPSA) is 49.3 Å². The van der Waals surface area contributed by atoms with Crippen LogP contribution in [0.1, 0.15) is 44.3 Å². The van der Waals surface area contributed by atoms with Crippen LogP contribution in [-0.2, 0) is 4.79 Å². The van der Waals surface area contributed by atoms with Crippen molar-refractivity contribution in [3.8, 4) is 0 Å². The highest BCUT2D eigenvalue weighted by molar-refractivity contribution is 7.99. The minimum atomic E-state index is -0.959. The molecule has 0 spiro atoms. The van der Waals surface area contributed by atoms with Gasteiger partial charge in [-0.1, -0.05) is 25.5 Å². The van der Waals surface area contributed by atoms with E-state index < -0.39 is 11.9 Å². The minimum absolute atomic E-state index is 0.0243. The van der Waals surface area contributed by atoms with Crippen molar-refractivity contribution in [2.75, 3.05) is 5.75 Å². The van der Waals surface area contributed by atoms with E-state index in [2.05, 4.69) is 12.2 Å². The number of hydrogen-bond acceptors (Lipinski definition) is 3. The average molecular weight is 311 g/mol. The third-order valence-electron chi connectivity index (χ3n) is 3.79. The Hall–Kier alpha value is -1.07. The molecule has 1 aromatic carbocycles. The fourth-order valence-corrected chi connectivity index (χ4v) is 3.98. The number of aliphatic hydroxyl groups excluding tert-OH is 1. The molecule has 21 heavy (non-hydrogen) atoms. The molecule has 3 atom stereocenters. The van der Waals surface area contributed by atoms with E-state index in [-0.39, 0.29) is 18.4 Å². The second kappa shape index (κ2) is 7.80. The highest BCUT2D eigenvalue weighted by Gasteiger charge is 2.28. The van der Waals surface area contributed by atoms with E-state index in [1.54, 1.807) is 6.07 Å². The summed E-state index contributed by atoms with van der Waals surface area (Å²) in [4.78, 5) is 12.0. The van der Waals surface area contributed by atoms with Crippen molar-refractivity contribution in [1.29, 1.82) is 0 Å². The molecule has 2 rings (SSSR count). The first-order chi connectivity index (χ1) is 10.1. The van der Waals surface area contributed by atoms with Crippen molar-refractivity contribution in [3.63, 3.8) is 0 Å². The predicted octanol–water partition coefficient (Wildman–Crippen LogP) is 3.04. The van der Waals surface area contributed by atoms with Gasteiger partial charge in [0.15, 0.2) is 0 Å². The molecule has 1 aliphatic rings. The first-order valence-corrected chi connectivity index (χ1v) is 8.49. The van der Waals surface area contributed by atoms with Crippen LogP contribution < -0.4 is 5.32 Å². The molecule has 0 radical (unpaired) electrons. The number of halogens is 1. The second-order valence-electron chi connectivity index (χ2n) is 5.37. The van der Waals surface area contributed by atoms with Gasteiger partial charge in [0.1, 0.15) is 5.82 Å². The summed E-state index contributed by atoms with van der Waals surface area (Å²) in [5, 5.41) is 13.5. The van der Waals surface area contributed by atoms with Gasteiger partial charge >= 0.3 is 0 Å². The molecule has 0 saturated heterocycles. The number of carbonyl (C=O) groups is 1. The maximum Gasteiger partial charge on any atom is 0.223 e. The van der Waals surface area contributed by atoms with E-state index in [1.807, 2.05) is 11.8 Å². The second-order valence-corrected chi connectivity index (χ2v) is 6.89. The Balaban J connectivity index is 1.86. The lowest BCUT2D eigenvalue weighted by Crippen LogP contribution is -2.39. The van der Waals surface area contributed by atoms with Gasteiger partial charge in [0.25, 0.3) is 0 Å². The summed E-state index contributed by atoms with van der Waals surface area (Å²) in [6.07, 6.45) is 2.29. The third kappa shape index (κ3) is 4.71.